The van der Waals surface area contributed by atoms with Gasteiger partial charge in [0.1, 0.15) is 5.75 Å². The molecule has 1 fully saturated rings. The molecule has 1 heterocycles. The second-order valence-corrected chi connectivity index (χ2v) is 9.33. The summed E-state index contributed by atoms with van der Waals surface area (Å²) in [6.07, 6.45) is 3.08. The maximum absolute atomic E-state index is 13.0. The van der Waals surface area contributed by atoms with Crippen molar-refractivity contribution in [2.75, 3.05) is 25.5 Å². The number of nitrogens with zero attached hydrogens (tertiary/aromatic N) is 1. The predicted molar refractivity (Wildman–Crippen MR) is 114 cm³/mol. The zero-order valence-corrected chi connectivity index (χ0v) is 17.7. The lowest BCUT2D eigenvalue weighted by atomic mass is 9.97. The van der Waals surface area contributed by atoms with Crippen LogP contribution in [0.15, 0.2) is 53.4 Å². The zero-order chi connectivity index (χ0) is 20.9. The molecule has 1 aliphatic heterocycles. The van der Waals surface area contributed by atoms with Crippen LogP contribution in [0.2, 0.25) is 0 Å². The van der Waals surface area contributed by atoms with Gasteiger partial charge in [-0.25, -0.2) is 8.42 Å². The number of sulfonamides is 1. The van der Waals surface area contributed by atoms with Crippen molar-refractivity contribution in [3.8, 4) is 5.75 Å². The Labute approximate surface area is 172 Å². The number of methoxy groups -OCH3 is 1. The van der Waals surface area contributed by atoms with Gasteiger partial charge in [-0.05, 0) is 42.5 Å². The van der Waals surface area contributed by atoms with E-state index in [0.29, 0.717) is 24.5 Å². The highest BCUT2D eigenvalue weighted by Crippen LogP contribution is 2.30. The molecule has 3 rings (SSSR count). The van der Waals surface area contributed by atoms with Crippen LogP contribution in [-0.4, -0.2) is 38.8 Å². The number of ether oxygens (including phenoxy) is 1. The van der Waals surface area contributed by atoms with Crippen molar-refractivity contribution < 1.29 is 17.9 Å². The lowest BCUT2D eigenvalue weighted by Gasteiger charge is -2.26. The maximum Gasteiger partial charge on any atom is 0.243 e. The van der Waals surface area contributed by atoms with Crippen LogP contribution in [0.4, 0.5) is 5.69 Å². The molecule has 1 atom stereocenters. The van der Waals surface area contributed by atoms with Crippen molar-refractivity contribution in [2.24, 2.45) is 0 Å². The minimum Gasteiger partial charge on any atom is -0.495 e. The van der Waals surface area contributed by atoms with Crippen LogP contribution in [0.5, 0.6) is 5.75 Å². The summed E-state index contributed by atoms with van der Waals surface area (Å²) in [5.74, 6) is 0.290. The molecule has 1 unspecified atom stereocenters. The van der Waals surface area contributed by atoms with E-state index in [1.165, 1.54) is 23.5 Å². The molecule has 6 nitrogen and oxygen atoms in total. The van der Waals surface area contributed by atoms with Crippen LogP contribution >= 0.6 is 0 Å². The van der Waals surface area contributed by atoms with Crippen molar-refractivity contribution in [3.63, 3.8) is 0 Å². The minimum absolute atomic E-state index is 0.0439. The van der Waals surface area contributed by atoms with Crippen molar-refractivity contribution in [3.05, 3.63) is 54.1 Å². The van der Waals surface area contributed by atoms with Gasteiger partial charge in [0.2, 0.25) is 15.9 Å². The van der Waals surface area contributed by atoms with Crippen molar-refractivity contribution in [2.45, 2.75) is 43.4 Å². The Morgan fingerprint density at radius 1 is 1.10 bits per heavy atom. The quantitative estimate of drug-likeness (QED) is 0.740. The van der Waals surface area contributed by atoms with Gasteiger partial charge >= 0.3 is 0 Å². The van der Waals surface area contributed by atoms with E-state index in [4.69, 9.17) is 4.74 Å². The first-order valence-electron chi connectivity index (χ1n) is 9.95. The van der Waals surface area contributed by atoms with E-state index >= 15 is 0 Å². The van der Waals surface area contributed by atoms with E-state index in [0.717, 1.165) is 24.8 Å². The molecule has 0 spiro atoms. The van der Waals surface area contributed by atoms with E-state index in [-0.39, 0.29) is 23.1 Å². The van der Waals surface area contributed by atoms with E-state index in [1.54, 1.807) is 6.07 Å². The van der Waals surface area contributed by atoms with Gasteiger partial charge in [-0.3, -0.25) is 4.79 Å². The summed E-state index contributed by atoms with van der Waals surface area (Å²) >= 11 is 0. The molecule has 0 bridgehead atoms. The molecule has 0 aliphatic carbocycles. The second kappa shape index (κ2) is 9.41. The van der Waals surface area contributed by atoms with Gasteiger partial charge in [-0.2, -0.15) is 4.31 Å². The molecule has 1 aliphatic rings. The summed E-state index contributed by atoms with van der Waals surface area (Å²) in [5.41, 5.74) is 1.45. The normalized spacial score (nSPS) is 16.2. The SMILES string of the molecule is COc1ccc(S(=O)(=O)N2CCCCC2)cc1NC(=O)CC(C)c1ccccc1. The van der Waals surface area contributed by atoms with E-state index < -0.39 is 10.0 Å². The highest BCUT2D eigenvalue weighted by molar-refractivity contribution is 7.89. The van der Waals surface area contributed by atoms with Crippen molar-refractivity contribution >= 4 is 21.6 Å². The van der Waals surface area contributed by atoms with Gasteiger partial charge in [-0.15, -0.1) is 0 Å². The number of piperidine rings is 1. The number of carbonyl (C=O) groups excluding carboxylic acids is 1. The molecule has 1 amide bonds. The molecular weight excluding hydrogens is 388 g/mol. The van der Waals surface area contributed by atoms with Gasteiger partial charge in [0.05, 0.1) is 17.7 Å². The van der Waals surface area contributed by atoms with E-state index in [1.807, 2.05) is 37.3 Å². The minimum atomic E-state index is -3.58. The third-order valence-corrected chi connectivity index (χ3v) is 7.15. The zero-order valence-electron chi connectivity index (χ0n) is 16.9. The number of anilines is 1. The molecular formula is C22H28N2O4S. The van der Waals surface area contributed by atoms with E-state index in [2.05, 4.69) is 5.32 Å². The topological polar surface area (TPSA) is 75.7 Å². The first-order chi connectivity index (χ1) is 13.9. The Kier molecular flexibility index (Phi) is 6.92. The van der Waals surface area contributed by atoms with Gasteiger partial charge in [0, 0.05) is 19.5 Å². The summed E-state index contributed by atoms with van der Waals surface area (Å²) in [7, 11) is -2.09. The number of nitrogens with one attached hydrogen (secondary N) is 1. The van der Waals surface area contributed by atoms with Crippen LogP contribution in [0, 0.1) is 0 Å². The summed E-state index contributed by atoms with van der Waals surface area (Å²) < 4.78 is 32.8. The fourth-order valence-electron chi connectivity index (χ4n) is 3.58. The highest BCUT2D eigenvalue weighted by atomic mass is 32.2. The number of hydrogen-bond acceptors (Lipinski definition) is 4. The predicted octanol–water partition coefficient (Wildman–Crippen LogP) is 4.00. The summed E-state index contributed by atoms with van der Waals surface area (Å²) in [6.45, 7) is 3.05. The van der Waals surface area contributed by atoms with Crippen molar-refractivity contribution in [1.29, 1.82) is 0 Å². The fraction of sp³-hybridized carbons (Fsp3) is 0.409. The molecule has 2 aromatic carbocycles. The smallest absolute Gasteiger partial charge is 0.243 e. The lowest BCUT2D eigenvalue weighted by molar-refractivity contribution is -0.116. The Morgan fingerprint density at radius 2 is 1.79 bits per heavy atom. The number of carbonyl (C=O) groups is 1. The third kappa shape index (κ3) is 5.16. The molecule has 1 saturated heterocycles. The van der Waals surface area contributed by atoms with E-state index in [9.17, 15) is 13.2 Å². The Morgan fingerprint density at radius 3 is 2.45 bits per heavy atom. The Balaban J connectivity index is 1.77. The first kappa shape index (κ1) is 21.3. The van der Waals surface area contributed by atoms with Crippen LogP contribution in [0.1, 0.15) is 44.1 Å². The molecule has 2 aromatic rings. The molecule has 1 N–H and O–H groups in total. The summed E-state index contributed by atoms with van der Waals surface area (Å²) in [6, 6.07) is 14.4. The maximum atomic E-state index is 13.0. The van der Waals surface area contributed by atoms with Gasteiger partial charge in [0.25, 0.3) is 0 Å². The average molecular weight is 417 g/mol. The van der Waals surface area contributed by atoms with Crippen LogP contribution in [0.25, 0.3) is 0 Å². The average Bonchev–Trinajstić information content (AvgIpc) is 2.74. The molecule has 0 saturated carbocycles. The molecule has 29 heavy (non-hydrogen) atoms. The number of rotatable bonds is 7. The van der Waals surface area contributed by atoms with Crippen molar-refractivity contribution in [1.82, 2.24) is 4.31 Å². The van der Waals surface area contributed by atoms with Crippen LogP contribution in [0.3, 0.4) is 0 Å². The third-order valence-electron chi connectivity index (χ3n) is 5.26. The monoisotopic (exact) mass is 416 g/mol. The summed E-state index contributed by atoms with van der Waals surface area (Å²) in [5, 5.41) is 2.83. The first-order valence-corrected chi connectivity index (χ1v) is 11.4. The lowest BCUT2D eigenvalue weighted by Crippen LogP contribution is -2.35. The summed E-state index contributed by atoms with van der Waals surface area (Å²) in [4.78, 5) is 12.8. The largest absolute Gasteiger partial charge is 0.495 e. The van der Waals surface area contributed by atoms with Gasteiger partial charge in [-0.1, -0.05) is 43.7 Å². The van der Waals surface area contributed by atoms with Gasteiger partial charge < -0.3 is 10.1 Å². The second-order valence-electron chi connectivity index (χ2n) is 7.39. The van der Waals surface area contributed by atoms with Crippen LogP contribution < -0.4 is 10.1 Å². The molecule has 0 aromatic heterocycles. The molecule has 7 heteroatoms. The number of amides is 1. The number of benzene rings is 2. The molecule has 156 valence electrons. The Bertz CT molecular complexity index is 939. The highest BCUT2D eigenvalue weighted by Gasteiger charge is 2.27. The van der Waals surface area contributed by atoms with Gasteiger partial charge in [0.15, 0.2) is 0 Å². The fourth-order valence-corrected chi connectivity index (χ4v) is 5.12. The standard InChI is InChI=1S/C22H28N2O4S/c1-17(18-9-5-3-6-10-18)15-22(25)23-20-16-19(11-12-21(20)28-2)29(26,27)24-13-7-4-8-14-24/h3,5-6,9-12,16-17H,4,7-8,13-15H2,1-2H3,(H,23,25). The van der Waals surface area contributed by atoms with Crippen LogP contribution in [-0.2, 0) is 14.8 Å². The number of hydrogen-bond donors (Lipinski definition) is 1. The molecule has 0 radical (unpaired) electrons. The Hall–Kier alpha value is -2.38.